The van der Waals surface area contributed by atoms with Gasteiger partial charge in [0, 0.05) is 17.0 Å². The maximum Gasteiger partial charge on any atom is 0.251 e. The molecule has 3 rings (SSSR count). The SMILES string of the molecule is COc1cc(C(=O)NCCCSc2ccccc2)ccc1OCc1c(C)noc1C. The third-order valence-electron chi connectivity index (χ3n) is 4.60. The minimum atomic E-state index is -0.129. The van der Waals surface area contributed by atoms with Crippen molar-refractivity contribution in [3.8, 4) is 11.5 Å². The highest BCUT2D eigenvalue weighted by atomic mass is 32.2. The fourth-order valence-corrected chi connectivity index (χ4v) is 3.74. The lowest BCUT2D eigenvalue weighted by Gasteiger charge is -2.12. The van der Waals surface area contributed by atoms with Gasteiger partial charge in [-0.1, -0.05) is 23.4 Å². The number of benzene rings is 2. The van der Waals surface area contributed by atoms with Gasteiger partial charge in [-0.25, -0.2) is 0 Å². The summed E-state index contributed by atoms with van der Waals surface area (Å²) in [4.78, 5) is 13.7. The summed E-state index contributed by atoms with van der Waals surface area (Å²) in [7, 11) is 1.56. The van der Waals surface area contributed by atoms with Crippen LogP contribution in [0, 0.1) is 13.8 Å². The molecule has 0 unspecified atom stereocenters. The van der Waals surface area contributed by atoms with Crippen molar-refractivity contribution in [1.82, 2.24) is 10.5 Å². The molecule has 1 amide bonds. The van der Waals surface area contributed by atoms with Gasteiger partial charge in [0.1, 0.15) is 12.4 Å². The van der Waals surface area contributed by atoms with Crippen LogP contribution in [0.5, 0.6) is 11.5 Å². The van der Waals surface area contributed by atoms with Gasteiger partial charge in [0.2, 0.25) is 0 Å². The van der Waals surface area contributed by atoms with Gasteiger partial charge in [-0.15, -0.1) is 11.8 Å². The maximum atomic E-state index is 12.5. The lowest BCUT2D eigenvalue weighted by molar-refractivity contribution is 0.0953. The molecule has 3 aromatic rings. The smallest absolute Gasteiger partial charge is 0.251 e. The second kappa shape index (κ2) is 10.7. The van der Waals surface area contributed by atoms with E-state index in [0.717, 1.165) is 29.2 Å². The topological polar surface area (TPSA) is 73.6 Å². The Hall–Kier alpha value is -2.93. The summed E-state index contributed by atoms with van der Waals surface area (Å²) < 4.78 is 16.4. The standard InChI is InChI=1S/C23H26N2O4S/c1-16-20(17(2)29-25-16)15-28-21-11-10-18(14-22(21)27-3)23(26)24-12-7-13-30-19-8-5-4-6-9-19/h4-6,8-11,14H,7,12-13,15H2,1-3H3,(H,24,26). The monoisotopic (exact) mass is 426 g/mol. The van der Waals surface area contributed by atoms with Crippen LogP contribution in [-0.2, 0) is 6.61 Å². The Morgan fingerprint density at radius 2 is 1.93 bits per heavy atom. The van der Waals surface area contributed by atoms with Crippen LogP contribution in [0.15, 0.2) is 57.9 Å². The van der Waals surface area contributed by atoms with Gasteiger partial charge in [0.05, 0.1) is 18.4 Å². The number of carbonyl (C=O) groups is 1. The number of ether oxygens (including phenoxy) is 2. The molecule has 2 aromatic carbocycles. The molecule has 7 heteroatoms. The third kappa shape index (κ3) is 5.79. The highest BCUT2D eigenvalue weighted by molar-refractivity contribution is 7.99. The molecule has 1 aromatic heterocycles. The number of amides is 1. The van der Waals surface area contributed by atoms with Gasteiger partial charge in [-0.05, 0) is 56.4 Å². The molecule has 6 nitrogen and oxygen atoms in total. The zero-order valence-electron chi connectivity index (χ0n) is 17.4. The molecular formula is C23H26N2O4S. The van der Waals surface area contributed by atoms with Gasteiger partial charge < -0.3 is 19.3 Å². The Labute approximate surface area is 180 Å². The molecule has 0 fully saturated rings. The van der Waals surface area contributed by atoms with Crippen LogP contribution in [-0.4, -0.2) is 30.5 Å². The molecule has 0 aliphatic carbocycles. The van der Waals surface area contributed by atoms with Crippen molar-refractivity contribution in [2.75, 3.05) is 19.4 Å². The first-order chi connectivity index (χ1) is 14.6. The lowest BCUT2D eigenvalue weighted by atomic mass is 10.2. The maximum absolute atomic E-state index is 12.5. The van der Waals surface area contributed by atoms with E-state index in [-0.39, 0.29) is 5.91 Å². The van der Waals surface area contributed by atoms with Gasteiger partial charge in [-0.3, -0.25) is 4.79 Å². The summed E-state index contributed by atoms with van der Waals surface area (Å²) in [6.07, 6.45) is 0.890. The van der Waals surface area contributed by atoms with Crippen molar-refractivity contribution >= 4 is 17.7 Å². The number of aryl methyl sites for hydroxylation is 2. The van der Waals surface area contributed by atoms with Crippen LogP contribution in [0.3, 0.4) is 0 Å². The van der Waals surface area contributed by atoms with Crippen LogP contribution >= 0.6 is 11.8 Å². The minimum Gasteiger partial charge on any atom is -0.493 e. The van der Waals surface area contributed by atoms with E-state index in [1.54, 1.807) is 37.1 Å². The first kappa shape index (κ1) is 21.8. The van der Waals surface area contributed by atoms with E-state index in [9.17, 15) is 4.79 Å². The summed E-state index contributed by atoms with van der Waals surface area (Å²) in [6, 6.07) is 15.4. The van der Waals surface area contributed by atoms with E-state index >= 15 is 0 Å². The van der Waals surface area contributed by atoms with Gasteiger partial charge in [0.15, 0.2) is 11.5 Å². The van der Waals surface area contributed by atoms with Gasteiger partial charge in [-0.2, -0.15) is 0 Å². The average Bonchev–Trinajstić information content (AvgIpc) is 3.09. The molecule has 0 atom stereocenters. The number of thioether (sulfide) groups is 1. The van der Waals surface area contributed by atoms with E-state index in [0.29, 0.717) is 30.2 Å². The Morgan fingerprint density at radius 3 is 2.63 bits per heavy atom. The molecule has 0 radical (unpaired) electrons. The van der Waals surface area contributed by atoms with E-state index in [2.05, 4.69) is 22.6 Å². The second-order valence-corrected chi connectivity index (χ2v) is 7.90. The number of nitrogens with one attached hydrogen (secondary N) is 1. The number of hydrogen-bond acceptors (Lipinski definition) is 6. The zero-order chi connectivity index (χ0) is 21.3. The van der Waals surface area contributed by atoms with Gasteiger partial charge >= 0.3 is 0 Å². The van der Waals surface area contributed by atoms with Crippen molar-refractivity contribution < 1.29 is 18.8 Å². The lowest BCUT2D eigenvalue weighted by Crippen LogP contribution is -2.24. The summed E-state index contributed by atoms with van der Waals surface area (Å²) in [5, 5.41) is 6.88. The van der Waals surface area contributed by atoms with Crippen molar-refractivity contribution in [1.29, 1.82) is 0 Å². The molecule has 30 heavy (non-hydrogen) atoms. The fourth-order valence-electron chi connectivity index (χ4n) is 2.87. The molecule has 0 aliphatic heterocycles. The predicted octanol–water partition coefficient (Wildman–Crippen LogP) is 4.79. The first-order valence-electron chi connectivity index (χ1n) is 9.77. The van der Waals surface area contributed by atoms with E-state index in [1.807, 2.05) is 32.0 Å². The molecule has 1 heterocycles. The first-order valence-corrected chi connectivity index (χ1v) is 10.8. The molecule has 158 valence electrons. The normalized spacial score (nSPS) is 10.6. The fraction of sp³-hybridized carbons (Fsp3) is 0.304. The quantitative estimate of drug-likeness (QED) is 0.371. The van der Waals surface area contributed by atoms with Gasteiger partial charge in [0.25, 0.3) is 5.91 Å². The van der Waals surface area contributed by atoms with E-state index in [1.165, 1.54) is 4.90 Å². The van der Waals surface area contributed by atoms with Crippen molar-refractivity contribution in [3.63, 3.8) is 0 Å². The number of nitrogens with zero attached hydrogens (tertiary/aromatic N) is 1. The van der Waals surface area contributed by atoms with Crippen LogP contribution in [0.4, 0.5) is 0 Å². The molecule has 0 aliphatic rings. The zero-order valence-corrected chi connectivity index (χ0v) is 18.3. The van der Waals surface area contributed by atoms with Crippen LogP contribution in [0.2, 0.25) is 0 Å². The third-order valence-corrected chi connectivity index (χ3v) is 5.70. The summed E-state index contributed by atoms with van der Waals surface area (Å²) in [6.45, 7) is 4.66. The van der Waals surface area contributed by atoms with Crippen molar-refractivity contribution in [3.05, 3.63) is 71.1 Å². The van der Waals surface area contributed by atoms with Crippen molar-refractivity contribution in [2.24, 2.45) is 0 Å². The highest BCUT2D eigenvalue weighted by Gasteiger charge is 2.14. The Balaban J connectivity index is 1.50. The summed E-state index contributed by atoms with van der Waals surface area (Å²) >= 11 is 1.78. The Bertz CT molecular complexity index is 953. The summed E-state index contributed by atoms with van der Waals surface area (Å²) in [5.74, 6) is 2.62. The second-order valence-electron chi connectivity index (χ2n) is 6.73. The van der Waals surface area contributed by atoms with Crippen molar-refractivity contribution in [2.45, 2.75) is 31.8 Å². The number of carbonyl (C=O) groups excluding carboxylic acids is 1. The Kier molecular flexibility index (Phi) is 7.79. The summed E-state index contributed by atoms with van der Waals surface area (Å²) in [5.41, 5.74) is 2.24. The average molecular weight is 427 g/mol. The predicted molar refractivity (Wildman–Crippen MR) is 117 cm³/mol. The number of hydrogen-bond donors (Lipinski definition) is 1. The molecule has 0 saturated heterocycles. The molecule has 0 saturated carbocycles. The van der Waals surface area contributed by atoms with E-state index < -0.39 is 0 Å². The molecule has 0 spiro atoms. The number of aromatic nitrogens is 1. The number of methoxy groups -OCH3 is 1. The highest BCUT2D eigenvalue weighted by Crippen LogP contribution is 2.29. The molecule has 1 N–H and O–H groups in total. The number of rotatable bonds is 10. The molecular weight excluding hydrogens is 400 g/mol. The van der Waals surface area contributed by atoms with Crippen LogP contribution in [0.25, 0.3) is 0 Å². The van der Waals surface area contributed by atoms with Crippen LogP contribution in [0.1, 0.15) is 33.8 Å². The largest absolute Gasteiger partial charge is 0.493 e. The van der Waals surface area contributed by atoms with E-state index in [4.69, 9.17) is 14.0 Å². The molecule has 0 bridgehead atoms. The van der Waals surface area contributed by atoms with Crippen LogP contribution < -0.4 is 14.8 Å². The minimum absolute atomic E-state index is 0.129. The Morgan fingerprint density at radius 1 is 1.13 bits per heavy atom.